The van der Waals surface area contributed by atoms with Gasteiger partial charge in [0.05, 0.1) is 25.8 Å². The van der Waals surface area contributed by atoms with Crippen molar-refractivity contribution in [1.29, 1.82) is 0 Å². The van der Waals surface area contributed by atoms with Crippen molar-refractivity contribution in [2.24, 2.45) is 0 Å². The summed E-state index contributed by atoms with van der Waals surface area (Å²) < 4.78 is 1.43. The Balaban J connectivity index is 2.17. The molecule has 108 valence electrons. The van der Waals surface area contributed by atoms with E-state index in [0.717, 1.165) is 0 Å². The number of H-pyrrole nitrogens is 1. The van der Waals surface area contributed by atoms with E-state index in [1.165, 1.54) is 10.8 Å². The van der Waals surface area contributed by atoms with E-state index in [9.17, 15) is 9.59 Å². The molecule has 1 aromatic rings. The first-order valence-corrected chi connectivity index (χ1v) is 6.29. The lowest BCUT2D eigenvalue weighted by molar-refractivity contribution is -0.149. The number of allylic oxidation sites excluding steroid dienone is 2. The van der Waals surface area contributed by atoms with Gasteiger partial charge in [-0.2, -0.15) is 0 Å². The second-order valence-corrected chi connectivity index (χ2v) is 4.43. The molecule has 1 aromatic heterocycles. The third-order valence-corrected chi connectivity index (χ3v) is 2.91. The molecule has 0 aliphatic carbocycles. The van der Waals surface area contributed by atoms with Crippen LogP contribution in [0.15, 0.2) is 40.2 Å². The normalized spacial score (nSPS) is 17.7. The van der Waals surface area contributed by atoms with Crippen LogP contribution in [0.25, 0.3) is 0 Å². The molecular formula is C13H17N3O4. The molecule has 2 rings (SSSR count). The standard InChI is InChI=1S/C13H17N3O4/c1-10-8-15(13(19)14-12(10)18)9-11-4-2-3-5-16(11)20-7-6-17/h2-5,8,11,17H,6-7,9H2,1H3,(H,14,18,19). The molecule has 7 heteroatoms. The van der Waals surface area contributed by atoms with Crippen LogP contribution in [-0.2, 0) is 11.4 Å². The second-order valence-electron chi connectivity index (χ2n) is 4.43. The van der Waals surface area contributed by atoms with E-state index in [1.807, 2.05) is 12.2 Å². The van der Waals surface area contributed by atoms with Gasteiger partial charge in [-0.3, -0.25) is 24.2 Å². The summed E-state index contributed by atoms with van der Waals surface area (Å²) in [6, 6.07) is -0.186. The van der Waals surface area contributed by atoms with Crippen molar-refractivity contribution in [3.05, 3.63) is 57.0 Å². The van der Waals surface area contributed by atoms with Gasteiger partial charge in [0.2, 0.25) is 0 Å². The van der Waals surface area contributed by atoms with E-state index < -0.39 is 5.69 Å². The molecule has 2 N–H and O–H groups in total. The molecule has 2 heterocycles. The summed E-state index contributed by atoms with van der Waals surface area (Å²) >= 11 is 0. The van der Waals surface area contributed by atoms with E-state index in [1.54, 1.807) is 24.3 Å². The predicted molar refractivity (Wildman–Crippen MR) is 73.0 cm³/mol. The number of hydrogen-bond donors (Lipinski definition) is 2. The smallest absolute Gasteiger partial charge is 0.328 e. The lowest BCUT2D eigenvalue weighted by atomic mass is 10.2. The minimum atomic E-state index is -0.453. The summed E-state index contributed by atoms with van der Waals surface area (Å²) in [6.45, 7) is 2.07. The highest BCUT2D eigenvalue weighted by Crippen LogP contribution is 2.10. The highest BCUT2D eigenvalue weighted by molar-refractivity contribution is 5.12. The van der Waals surface area contributed by atoms with E-state index in [2.05, 4.69) is 4.98 Å². The van der Waals surface area contributed by atoms with Gasteiger partial charge in [-0.15, -0.1) is 0 Å². The number of rotatable bonds is 5. The molecule has 0 fully saturated rings. The van der Waals surface area contributed by atoms with Crippen LogP contribution in [0, 0.1) is 6.92 Å². The Kier molecular flexibility index (Phi) is 4.54. The lowest BCUT2D eigenvalue weighted by Crippen LogP contribution is -2.40. The van der Waals surface area contributed by atoms with Gasteiger partial charge in [0, 0.05) is 18.0 Å². The van der Waals surface area contributed by atoms with Crippen molar-refractivity contribution in [1.82, 2.24) is 14.6 Å². The van der Waals surface area contributed by atoms with Gasteiger partial charge in [-0.05, 0) is 13.0 Å². The number of aliphatic hydroxyl groups is 1. The van der Waals surface area contributed by atoms with Crippen LogP contribution in [0.5, 0.6) is 0 Å². The largest absolute Gasteiger partial charge is 0.394 e. The van der Waals surface area contributed by atoms with Gasteiger partial charge in [-0.1, -0.05) is 12.2 Å². The molecule has 1 aliphatic rings. The topological polar surface area (TPSA) is 87.6 Å². The maximum absolute atomic E-state index is 11.8. The number of nitrogens with zero attached hydrogens (tertiary/aromatic N) is 2. The molecule has 0 amide bonds. The van der Waals surface area contributed by atoms with Crippen molar-refractivity contribution >= 4 is 0 Å². The molecule has 0 saturated heterocycles. The number of hydroxylamine groups is 2. The van der Waals surface area contributed by atoms with Crippen LogP contribution in [0.4, 0.5) is 0 Å². The summed E-state index contributed by atoms with van der Waals surface area (Å²) in [5.41, 5.74) is -0.355. The molecule has 20 heavy (non-hydrogen) atoms. The zero-order valence-corrected chi connectivity index (χ0v) is 11.2. The van der Waals surface area contributed by atoms with Gasteiger partial charge < -0.3 is 5.11 Å². The number of aryl methyl sites for hydroxylation is 1. The minimum absolute atomic E-state index is 0.0848. The fourth-order valence-corrected chi connectivity index (χ4v) is 1.90. The molecule has 1 unspecified atom stereocenters. The van der Waals surface area contributed by atoms with Gasteiger partial charge in [0.15, 0.2) is 0 Å². The Morgan fingerprint density at radius 3 is 2.95 bits per heavy atom. The van der Waals surface area contributed by atoms with E-state index in [0.29, 0.717) is 12.1 Å². The SMILES string of the molecule is Cc1cn(CC2C=CC=CN2OCCO)c(=O)[nH]c1=O. The monoisotopic (exact) mass is 279 g/mol. The molecule has 0 bridgehead atoms. The Bertz CT molecular complexity index is 629. The summed E-state index contributed by atoms with van der Waals surface area (Å²) in [6.07, 6.45) is 8.79. The maximum atomic E-state index is 11.8. The number of aromatic nitrogens is 2. The predicted octanol–water partition coefficient (Wildman–Crippen LogP) is -0.477. The van der Waals surface area contributed by atoms with Crippen molar-refractivity contribution in [2.45, 2.75) is 19.5 Å². The summed E-state index contributed by atoms with van der Waals surface area (Å²) in [5.74, 6) is 0. The molecule has 0 aromatic carbocycles. The molecule has 1 aliphatic heterocycles. The van der Waals surface area contributed by atoms with Crippen molar-refractivity contribution in [3.8, 4) is 0 Å². The van der Waals surface area contributed by atoms with Crippen LogP contribution in [0.1, 0.15) is 5.56 Å². The Labute approximate surface area is 115 Å². The number of hydrogen-bond acceptors (Lipinski definition) is 5. The average molecular weight is 279 g/mol. The second kappa shape index (κ2) is 6.36. The Hall–Kier alpha value is -2.12. The molecule has 0 saturated carbocycles. The van der Waals surface area contributed by atoms with Crippen LogP contribution in [0.2, 0.25) is 0 Å². The maximum Gasteiger partial charge on any atom is 0.328 e. The van der Waals surface area contributed by atoms with Gasteiger partial charge in [0.1, 0.15) is 0 Å². The van der Waals surface area contributed by atoms with Crippen molar-refractivity contribution < 1.29 is 9.94 Å². The Morgan fingerprint density at radius 2 is 2.20 bits per heavy atom. The van der Waals surface area contributed by atoms with Gasteiger partial charge >= 0.3 is 5.69 Å². The quantitative estimate of drug-likeness (QED) is 0.760. The fourth-order valence-electron chi connectivity index (χ4n) is 1.90. The summed E-state index contributed by atoms with van der Waals surface area (Å²) in [4.78, 5) is 30.7. The molecule has 1 atom stereocenters. The van der Waals surface area contributed by atoms with E-state index in [4.69, 9.17) is 9.94 Å². The average Bonchev–Trinajstić information content (AvgIpc) is 2.44. The summed E-state index contributed by atoms with van der Waals surface area (Å²) in [5, 5.41) is 10.4. The molecule has 0 radical (unpaired) electrons. The highest BCUT2D eigenvalue weighted by atomic mass is 16.7. The van der Waals surface area contributed by atoms with Crippen LogP contribution < -0.4 is 11.2 Å². The lowest BCUT2D eigenvalue weighted by Gasteiger charge is -2.29. The van der Waals surface area contributed by atoms with Crippen LogP contribution in [0.3, 0.4) is 0 Å². The minimum Gasteiger partial charge on any atom is -0.394 e. The first-order valence-electron chi connectivity index (χ1n) is 6.29. The molecule has 7 nitrogen and oxygen atoms in total. The van der Waals surface area contributed by atoms with Crippen molar-refractivity contribution in [2.75, 3.05) is 13.2 Å². The van der Waals surface area contributed by atoms with E-state index >= 15 is 0 Å². The third kappa shape index (κ3) is 3.25. The zero-order valence-electron chi connectivity index (χ0n) is 11.2. The van der Waals surface area contributed by atoms with Crippen LogP contribution >= 0.6 is 0 Å². The number of aromatic amines is 1. The zero-order chi connectivity index (χ0) is 14.5. The third-order valence-electron chi connectivity index (χ3n) is 2.91. The number of nitrogens with one attached hydrogen (secondary N) is 1. The van der Waals surface area contributed by atoms with Crippen LogP contribution in [-0.4, -0.2) is 39.0 Å². The first-order chi connectivity index (χ1) is 9.61. The number of aliphatic hydroxyl groups excluding tert-OH is 1. The highest BCUT2D eigenvalue weighted by Gasteiger charge is 2.17. The van der Waals surface area contributed by atoms with E-state index in [-0.39, 0.29) is 24.8 Å². The van der Waals surface area contributed by atoms with Gasteiger partial charge in [0.25, 0.3) is 5.56 Å². The molecule has 0 spiro atoms. The fraction of sp³-hybridized carbons (Fsp3) is 0.385. The summed E-state index contributed by atoms with van der Waals surface area (Å²) in [7, 11) is 0. The van der Waals surface area contributed by atoms with Gasteiger partial charge in [-0.25, -0.2) is 4.79 Å². The Morgan fingerprint density at radius 1 is 1.40 bits per heavy atom. The molecular weight excluding hydrogens is 262 g/mol. The van der Waals surface area contributed by atoms with Crippen molar-refractivity contribution in [3.63, 3.8) is 0 Å². The first kappa shape index (κ1) is 14.3.